The molecule has 0 aliphatic carbocycles. The van der Waals surface area contributed by atoms with Crippen LogP contribution in [0.15, 0.2) is 0 Å². The van der Waals surface area contributed by atoms with Crippen LogP contribution in [0.4, 0.5) is 4.79 Å². The molecule has 0 fully saturated rings. The summed E-state index contributed by atoms with van der Waals surface area (Å²) in [5.41, 5.74) is -0.645. The highest BCUT2D eigenvalue weighted by Gasteiger charge is 2.31. The number of rotatable bonds is 5. The highest BCUT2D eigenvalue weighted by molar-refractivity contribution is 5.89. The van der Waals surface area contributed by atoms with Crippen molar-refractivity contribution in [3.05, 3.63) is 0 Å². The first-order valence-electron chi connectivity index (χ1n) is 7.24. The number of amides is 2. The smallest absolute Gasteiger partial charge is 0.410 e. The van der Waals surface area contributed by atoms with Crippen LogP contribution in [0.25, 0.3) is 0 Å². The van der Waals surface area contributed by atoms with Crippen molar-refractivity contribution < 1.29 is 23.9 Å². The van der Waals surface area contributed by atoms with E-state index in [0.29, 0.717) is 0 Å². The Morgan fingerprint density at radius 1 is 1.09 bits per heavy atom. The second-order valence-electron chi connectivity index (χ2n) is 6.52. The molecule has 0 aliphatic heterocycles. The Kier molecular flexibility index (Phi) is 7.35. The molecule has 0 aromatic heterocycles. The Morgan fingerprint density at radius 3 is 1.95 bits per heavy atom. The van der Waals surface area contributed by atoms with Gasteiger partial charge in [0.15, 0.2) is 0 Å². The highest BCUT2D eigenvalue weighted by Crippen LogP contribution is 2.11. The van der Waals surface area contributed by atoms with Crippen molar-refractivity contribution in [1.29, 1.82) is 0 Å². The van der Waals surface area contributed by atoms with E-state index in [1.165, 1.54) is 19.1 Å². The number of methoxy groups -OCH3 is 1. The van der Waals surface area contributed by atoms with Gasteiger partial charge in [-0.25, -0.2) is 9.59 Å². The number of nitrogens with zero attached hydrogens (tertiary/aromatic N) is 1. The average Bonchev–Trinajstić information content (AvgIpc) is 2.39. The lowest BCUT2D eigenvalue weighted by molar-refractivity contribution is -0.146. The molecule has 0 saturated heterocycles. The van der Waals surface area contributed by atoms with E-state index in [-0.39, 0.29) is 5.92 Å². The summed E-state index contributed by atoms with van der Waals surface area (Å²) in [4.78, 5) is 37.0. The van der Waals surface area contributed by atoms with E-state index in [9.17, 15) is 14.4 Å². The molecule has 0 heterocycles. The summed E-state index contributed by atoms with van der Waals surface area (Å²) in [7, 11) is 2.74. The van der Waals surface area contributed by atoms with Gasteiger partial charge in [0.1, 0.15) is 17.7 Å². The minimum atomic E-state index is -0.777. The van der Waals surface area contributed by atoms with Crippen LogP contribution in [-0.2, 0) is 19.1 Å². The van der Waals surface area contributed by atoms with E-state index in [0.717, 1.165) is 0 Å². The van der Waals surface area contributed by atoms with Crippen molar-refractivity contribution in [1.82, 2.24) is 10.2 Å². The lowest BCUT2D eigenvalue weighted by Gasteiger charge is -2.29. The van der Waals surface area contributed by atoms with Crippen molar-refractivity contribution in [2.24, 2.45) is 5.92 Å². The number of hydrogen-bond donors (Lipinski definition) is 1. The normalized spacial score (nSPS) is 14.0. The summed E-state index contributed by atoms with van der Waals surface area (Å²) in [6.45, 7) is 10.4. The van der Waals surface area contributed by atoms with Crippen LogP contribution >= 0.6 is 0 Å². The second-order valence-corrected chi connectivity index (χ2v) is 6.52. The van der Waals surface area contributed by atoms with Gasteiger partial charge in [0.05, 0.1) is 7.11 Å². The van der Waals surface area contributed by atoms with Gasteiger partial charge in [0, 0.05) is 7.05 Å². The SMILES string of the molecule is COC(=O)C(NC(=O)C(C)N(C)C(=O)OC(C)(C)C)C(C)C. The van der Waals surface area contributed by atoms with Crippen molar-refractivity contribution >= 4 is 18.0 Å². The number of ether oxygens (including phenoxy) is 2. The maximum atomic E-state index is 12.2. The molecule has 2 atom stereocenters. The lowest BCUT2D eigenvalue weighted by atomic mass is 10.0. The topological polar surface area (TPSA) is 84.9 Å². The minimum absolute atomic E-state index is 0.129. The summed E-state index contributed by atoms with van der Waals surface area (Å²) >= 11 is 0. The van der Waals surface area contributed by atoms with Crippen LogP contribution in [0.3, 0.4) is 0 Å². The molecular weight excluding hydrogens is 288 g/mol. The van der Waals surface area contributed by atoms with E-state index in [1.54, 1.807) is 41.5 Å². The van der Waals surface area contributed by atoms with Crippen molar-refractivity contribution in [3.8, 4) is 0 Å². The summed E-state index contributed by atoms with van der Waals surface area (Å²) in [5.74, 6) is -1.09. The standard InChI is InChI=1S/C15H28N2O5/c1-9(2)11(13(19)21-8)16-12(18)10(3)17(7)14(20)22-15(4,5)6/h9-11H,1-8H3,(H,16,18). The molecule has 0 bridgehead atoms. The van der Waals surface area contributed by atoms with Gasteiger partial charge in [-0.05, 0) is 33.6 Å². The molecule has 22 heavy (non-hydrogen) atoms. The fourth-order valence-corrected chi connectivity index (χ4v) is 1.57. The van der Waals surface area contributed by atoms with Crippen molar-refractivity contribution in [2.45, 2.75) is 59.2 Å². The van der Waals surface area contributed by atoms with Gasteiger partial charge in [0.2, 0.25) is 5.91 Å². The zero-order chi connectivity index (χ0) is 17.7. The molecular formula is C15H28N2O5. The molecule has 2 unspecified atom stereocenters. The van der Waals surface area contributed by atoms with Gasteiger partial charge in [-0.15, -0.1) is 0 Å². The van der Waals surface area contributed by atoms with Crippen LogP contribution in [-0.4, -0.2) is 54.7 Å². The van der Waals surface area contributed by atoms with Crippen molar-refractivity contribution in [3.63, 3.8) is 0 Å². The van der Waals surface area contributed by atoms with E-state index >= 15 is 0 Å². The number of hydrogen-bond acceptors (Lipinski definition) is 5. The molecule has 0 aromatic rings. The fraction of sp³-hybridized carbons (Fsp3) is 0.800. The minimum Gasteiger partial charge on any atom is -0.467 e. The summed E-state index contributed by atoms with van der Waals surface area (Å²) in [5, 5.41) is 2.60. The van der Waals surface area contributed by atoms with Crippen LogP contribution in [0.1, 0.15) is 41.5 Å². The molecule has 7 nitrogen and oxygen atoms in total. The highest BCUT2D eigenvalue weighted by atomic mass is 16.6. The van der Waals surface area contributed by atoms with Gasteiger partial charge in [0.25, 0.3) is 0 Å². The molecule has 0 aromatic carbocycles. The third-order valence-electron chi connectivity index (χ3n) is 3.06. The third kappa shape index (κ3) is 6.32. The van der Waals surface area contributed by atoms with Crippen molar-refractivity contribution in [2.75, 3.05) is 14.2 Å². The van der Waals surface area contributed by atoms with Gasteiger partial charge in [-0.1, -0.05) is 13.8 Å². The number of nitrogens with one attached hydrogen (secondary N) is 1. The first-order valence-corrected chi connectivity index (χ1v) is 7.24. The molecule has 0 aliphatic rings. The fourth-order valence-electron chi connectivity index (χ4n) is 1.57. The Balaban J connectivity index is 4.83. The Hall–Kier alpha value is -1.79. The number of esters is 1. The zero-order valence-electron chi connectivity index (χ0n) is 14.7. The number of carbonyl (C=O) groups is 3. The van der Waals surface area contributed by atoms with Crippen LogP contribution in [0.5, 0.6) is 0 Å². The second kappa shape index (κ2) is 8.00. The Bertz CT molecular complexity index is 415. The Morgan fingerprint density at radius 2 is 1.59 bits per heavy atom. The largest absolute Gasteiger partial charge is 0.467 e. The zero-order valence-corrected chi connectivity index (χ0v) is 14.7. The average molecular weight is 316 g/mol. The predicted octanol–water partition coefficient (Wildman–Crippen LogP) is 1.56. The summed E-state index contributed by atoms with van der Waals surface area (Å²) in [6, 6.07) is -1.53. The predicted molar refractivity (Wildman–Crippen MR) is 82.2 cm³/mol. The third-order valence-corrected chi connectivity index (χ3v) is 3.06. The molecule has 1 N–H and O–H groups in total. The number of carbonyl (C=O) groups excluding carboxylic acids is 3. The van der Waals surface area contributed by atoms with Gasteiger partial charge >= 0.3 is 12.1 Å². The monoisotopic (exact) mass is 316 g/mol. The van der Waals surface area contributed by atoms with E-state index in [4.69, 9.17) is 4.74 Å². The van der Waals surface area contributed by atoms with Gasteiger partial charge in [-0.2, -0.15) is 0 Å². The quantitative estimate of drug-likeness (QED) is 0.778. The molecule has 0 saturated carbocycles. The van der Waals surface area contributed by atoms with Gasteiger partial charge in [-0.3, -0.25) is 9.69 Å². The van der Waals surface area contributed by atoms with Crippen LogP contribution < -0.4 is 5.32 Å². The lowest BCUT2D eigenvalue weighted by Crippen LogP contribution is -2.53. The maximum Gasteiger partial charge on any atom is 0.410 e. The Labute approximate surface area is 132 Å². The molecule has 0 spiro atoms. The van der Waals surface area contributed by atoms with E-state index in [2.05, 4.69) is 10.1 Å². The molecule has 2 amide bonds. The van der Waals surface area contributed by atoms with E-state index in [1.807, 2.05) is 0 Å². The summed E-state index contributed by atoms with van der Waals surface area (Å²) < 4.78 is 9.88. The molecule has 0 rings (SSSR count). The molecule has 7 heteroatoms. The van der Waals surface area contributed by atoms with Gasteiger partial charge < -0.3 is 14.8 Å². The molecule has 128 valence electrons. The first kappa shape index (κ1) is 20.2. The summed E-state index contributed by atoms with van der Waals surface area (Å²) in [6.07, 6.45) is -0.602. The first-order chi connectivity index (χ1) is 9.90. The molecule has 0 radical (unpaired) electrons. The van der Waals surface area contributed by atoms with Crippen LogP contribution in [0.2, 0.25) is 0 Å². The number of likely N-dealkylation sites (N-methyl/N-ethyl adjacent to an activating group) is 1. The van der Waals surface area contributed by atoms with Crippen LogP contribution in [0, 0.1) is 5.92 Å². The maximum absolute atomic E-state index is 12.2. The van der Waals surface area contributed by atoms with E-state index < -0.39 is 35.7 Å².